The summed E-state index contributed by atoms with van der Waals surface area (Å²) in [7, 11) is 0. The van der Waals surface area contributed by atoms with Crippen molar-refractivity contribution in [1.29, 1.82) is 0 Å². The Balaban J connectivity index is 2.43. The third-order valence-electron chi connectivity index (χ3n) is 1.88. The summed E-state index contributed by atoms with van der Waals surface area (Å²) in [5, 5.41) is 2.75. The molecular formula is C9H10N2O2. The molecule has 68 valence electrons. The molecule has 2 rings (SSSR count). The minimum atomic E-state index is -0.118. The van der Waals surface area contributed by atoms with Crippen molar-refractivity contribution < 1.29 is 9.53 Å². The molecule has 1 N–H and O–H groups in total. The van der Waals surface area contributed by atoms with Crippen molar-refractivity contribution >= 4 is 5.91 Å². The molecule has 1 aromatic rings. The lowest BCUT2D eigenvalue weighted by Crippen LogP contribution is -2.29. The van der Waals surface area contributed by atoms with Crippen LogP contribution in [0.3, 0.4) is 0 Å². The van der Waals surface area contributed by atoms with E-state index in [1.165, 1.54) is 0 Å². The molecule has 0 aromatic carbocycles. The second-order valence-electron chi connectivity index (χ2n) is 2.99. The van der Waals surface area contributed by atoms with Crippen molar-refractivity contribution in [3.8, 4) is 5.88 Å². The van der Waals surface area contributed by atoms with E-state index in [-0.39, 0.29) is 12.0 Å². The van der Waals surface area contributed by atoms with E-state index >= 15 is 0 Å². The number of carbonyl (C=O) groups is 1. The van der Waals surface area contributed by atoms with Crippen molar-refractivity contribution in [1.82, 2.24) is 10.3 Å². The molecular weight excluding hydrogens is 168 g/mol. The third-order valence-corrected chi connectivity index (χ3v) is 1.88. The van der Waals surface area contributed by atoms with Gasteiger partial charge in [-0.1, -0.05) is 0 Å². The highest BCUT2D eigenvalue weighted by molar-refractivity contribution is 5.96. The fourth-order valence-corrected chi connectivity index (χ4v) is 1.22. The van der Waals surface area contributed by atoms with Gasteiger partial charge in [0.25, 0.3) is 5.91 Å². The summed E-state index contributed by atoms with van der Waals surface area (Å²) in [5.74, 6) is 0.303. The van der Waals surface area contributed by atoms with Crippen molar-refractivity contribution in [3.63, 3.8) is 0 Å². The highest BCUT2D eigenvalue weighted by Crippen LogP contribution is 2.17. The number of hydrogen-bond donors (Lipinski definition) is 1. The van der Waals surface area contributed by atoms with Gasteiger partial charge in [-0.25, -0.2) is 4.98 Å². The van der Waals surface area contributed by atoms with E-state index in [9.17, 15) is 4.79 Å². The zero-order valence-corrected chi connectivity index (χ0v) is 7.28. The number of hydrogen-bond acceptors (Lipinski definition) is 3. The minimum Gasteiger partial charge on any atom is -0.472 e. The average Bonchev–Trinajstić information content (AvgIpc) is 2.27. The largest absolute Gasteiger partial charge is 0.472 e. The molecule has 0 bridgehead atoms. The van der Waals surface area contributed by atoms with Gasteiger partial charge in [0, 0.05) is 6.20 Å². The maximum atomic E-state index is 11.4. The molecule has 0 spiro atoms. The van der Waals surface area contributed by atoms with Crippen LogP contribution < -0.4 is 10.1 Å². The lowest BCUT2D eigenvalue weighted by Gasteiger charge is -2.09. The standard InChI is InChI=1S/C9H10N2O2/c1-6-5-11-8(12)7-3-2-4-10-9(7)13-6/h2-4,6H,5H2,1H3,(H,11,12). The summed E-state index contributed by atoms with van der Waals surface area (Å²) in [6, 6.07) is 3.42. The summed E-state index contributed by atoms with van der Waals surface area (Å²) in [6.07, 6.45) is 1.59. The first-order valence-corrected chi connectivity index (χ1v) is 4.17. The first-order chi connectivity index (χ1) is 6.27. The Morgan fingerprint density at radius 3 is 3.38 bits per heavy atom. The summed E-state index contributed by atoms with van der Waals surface area (Å²) >= 11 is 0. The SMILES string of the molecule is CC1CNC(=O)c2cccnc2O1. The normalized spacial score (nSPS) is 21.0. The molecule has 0 saturated heterocycles. The number of rotatable bonds is 0. The molecule has 4 heteroatoms. The second kappa shape index (κ2) is 3.05. The van der Waals surface area contributed by atoms with Gasteiger partial charge < -0.3 is 10.1 Å². The number of nitrogens with one attached hydrogen (secondary N) is 1. The van der Waals surface area contributed by atoms with Crippen LogP contribution in [-0.2, 0) is 0 Å². The summed E-state index contributed by atoms with van der Waals surface area (Å²) in [6.45, 7) is 2.42. The number of carbonyl (C=O) groups excluding carboxylic acids is 1. The van der Waals surface area contributed by atoms with E-state index in [2.05, 4.69) is 10.3 Å². The summed E-state index contributed by atoms with van der Waals surface area (Å²) < 4.78 is 5.43. The van der Waals surface area contributed by atoms with Crippen molar-refractivity contribution in [3.05, 3.63) is 23.9 Å². The van der Waals surface area contributed by atoms with Gasteiger partial charge in [-0.05, 0) is 19.1 Å². The fraction of sp³-hybridized carbons (Fsp3) is 0.333. The lowest BCUT2D eigenvalue weighted by atomic mass is 10.2. The van der Waals surface area contributed by atoms with E-state index in [0.29, 0.717) is 18.0 Å². The van der Waals surface area contributed by atoms with Gasteiger partial charge in [0.1, 0.15) is 11.7 Å². The van der Waals surface area contributed by atoms with E-state index in [1.54, 1.807) is 18.3 Å². The van der Waals surface area contributed by atoms with Gasteiger partial charge in [0.2, 0.25) is 5.88 Å². The van der Waals surface area contributed by atoms with E-state index in [1.807, 2.05) is 6.92 Å². The van der Waals surface area contributed by atoms with E-state index in [4.69, 9.17) is 4.74 Å². The molecule has 1 amide bonds. The first-order valence-electron chi connectivity index (χ1n) is 4.17. The van der Waals surface area contributed by atoms with Crippen molar-refractivity contribution in [2.75, 3.05) is 6.54 Å². The van der Waals surface area contributed by atoms with E-state index in [0.717, 1.165) is 0 Å². The molecule has 4 nitrogen and oxygen atoms in total. The Labute approximate surface area is 75.9 Å². The molecule has 0 radical (unpaired) electrons. The summed E-state index contributed by atoms with van der Waals surface area (Å²) in [4.78, 5) is 15.4. The zero-order chi connectivity index (χ0) is 9.26. The Bertz CT molecular complexity index is 338. The van der Waals surface area contributed by atoms with Crippen LogP contribution in [0.2, 0.25) is 0 Å². The van der Waals surface area contributed by atoms with E-state index < -0.39 is 0 Å². The fourth-order valence-electron chi connectivity index (χ4n) is 1.22. The maximum Gasteiger partial charge on any atom is 0.256 e. The van der Waals surface area contributed by atoms with Crippen LogP contribution in [0.25, 0.3) is 0 Å². The number of aromatic nitrogens is 1. The Hall–Kier alpha value is -1.58. The van der Waals surface area contributed by atoms with Crippen LogP contribution in [0.1, 0.15) is 17.3 Å². The van der Waals surface area contributed by atoms with Crippen LogP contribution in [0.15, 0.2) is 18.3 Å². The van der Waals surface area contributed by atoms with Crippen LogP contribution in [0, 0.1) is 0 Å². The van der Waals surface area contributed by atoms with Crippen LogP contribution in [0.4, 0.5) is 0 Å². The maximum absolute atomic E-state index is 11.4. The third kappa shape index (κ3) is 1.47. The number of amides is 1. The molecule has 0 saturated carbocycles. The van der Waals surface area contributed by atoms with Crippen LogP contribution >= 0.6 is 0 Å². The van der Waals surface area contributed by atoms with Gasteiger partial charge >= 0.3 is 0 Å². The van der Waals surface area contributed by atoms with Gasteiger partial charge in [-0.2, -0.15) is 0 Å². The van der Waals surface area contributed by atoms with Gasteiger partial charge in [0.15, 0.2) is 0 Å². The lowest BCUT2D eigenvalue weighted by molar-refractivity contribution is 0.0952. The molecule has 13 heavy (non-hydrogen) atoms. The number of pyridine rings is 1. The summed E-state index contributed by atoms with van der Waals surface area (Å²) in [5.41, 5.74) is 0.506. The molecule has 1 aromatic heterocycles. The van der Waals surface area contributed by atoms with Crippen molar-refractivity contribution in [2.24, 2.45) is 0 Å². The molecule has 1 aliphatic rings. The predicted octanol–water partition coefficient (Wildman–Crippen LogP) is 0.592. The van der Waals surface area contributed by atoms with Gasteiger partial charge in [-0.3, -0.25) is 4.79 Å². The van der Waals surface area contributed by atoms with Crippen LogP contribution in [0.5, 0.6) is 5.88 Å². The first kappa shape index (κ1) is 8.04. The molecule has 1 aliphatic heterocycles. The monoisotopic (exact) mass is 178 g/mol. The molecule has 0 fully saturated rings. The number of nitrogens with zero attached hydrogens (tertiary/aromatic N) is 1. The second-order valence-corrected chi connectivity index (χ2v) is 2.99. The van der Waals surface area contributed by atoms with Gasteiger partial charge in [-0.15, -0.1) is 0 Å². The topological polar surface area (TPSA) is 51.2 Å². The molecule has 1 unspecified atom stereocenters. The Morgan fingerprint density at radius 1 is 1.69 bits per heavy atom. The van der Waals surface area contributed by atoms with Gasteiger partial charge in [0.05, 0.1) is 6.54 Å². The smallest absolute Gasteiger partial charge is 0.256 e. The Kier molecular flexibility index (Phi) is 1.88. The average molecular weight is 178 g/mol. The highest BCUT2D eigenvalue weighted by Gasteiger charge is 2.19. The van der Waals surface area contributed by atoms with Crippen molar-refractivity contribution in [2.45, 2.75) is 13.0 Å². The number of ether oxygens (including phenoxy) is 1. The quantitative estimate of drug-likeness (QED) is 0.632. The molecule has 2 heterocycles. The minimum absolute atomic E-state index is 0.0277. The highest BCUT2D eigenvalue weighted by atomic mass is 16.5. The Morgan fingerprint density at radius 2 is 2.54 bits per heavy atom. The molecule has 0 aliphatic carbocycles. The van der Waals surface area contributed by atoms with Crippen LogP contribution in [-0.4, -0.2) is 23.5 Å². The number of fused-ring (bicyclic) bond motifs is 1. The zero-order valence-electron chi connectivity index (χ0n) is 7.28. The molecule has 1 atom stereocenters. The predicted molar refractivity (Wildman–Crippen MR) is 46.7 cm³/mol.